The van der Waals surface area contributed by atoms with Crippen LogP contribution in [0.1, 0.15) is 137 Å². The zero-order valence-electron chi connectivity index (χ0n) is 38.7. The Kier molecular flexibility index (Phi) is 22.0. The molecule has 2 aliphatic heterocycles. The van der Waals surface area contributed by atoms with Crippen LogP contribution in [0.2, 0.25) is 0 Å². The Labute approximate surface area is 373 Å². The van der Waals surface area contributed by atoms with E-state index in [-0.39, 0.29) is 48.9 Å². The molecule has 0 aromatic carbocycles. The van der Waals surface area contributed by atoms with Gasteiger partial charge in [-0.3, -0.25) is 24.0 Å². The van der Waals surface area contributed by atoms with Crippen LogP contribution in [0.15, 0.2) is 52.8 Å². The van der Waals surface area contributed by atoms with E-state index in [1.54, 1.807) is 27.0 Å². The fraction of sp³-hybridized carbons (Fsp3) is 0.729. The summed E-state index contributed by atoms with van der Waals surface area (Å²) in [6.45, 7) is 9.31. The number of hydrogen-bond acceptors (Lipinski definition) is 13. The van der Waals surface area contributed by atoms with Gasteiger partial charge in [0, 0.05) is 56.2 Å². The van der Waals surface area contributed by atoms with Gasteiger partial charge in [0.15, 0.2) is 5.78 Å². The Balaban J connectivity index is 1.40. The molecule has 15 nitrogen and oxygen atoms in total. The zero-order valence-corrected chi connectivity index (χ0v) is 38.7. The number of allylic oxidation sites excluding steroid dienone is 7. The van der Waals surface area contributed by atoms with Crippen molar-refractivity contribution >= 4 is 29.2 Å². The number of carbonyl (C=O) groups is 5. The average Bonchev–Trinajstić information content (AvgIpc) is 3.27. The van der Waals surface area contributed by atoms with Crippen LogP contribution in [-0.4, -0.2) is 118 Å². The number of nitroso groups, excluding NO2 is 1. The number of piperidine rings is 1. The van der Waals surface area contributed by atoms with Crippen molar-refractivity contribution in [1.29, 1.82) is 0 Å². The number of carbonyl (C=O) groups excluding carboxylic acids is 5. The average molecular weight is 886 g/mol. The number of ether oxygens (including phenoxy) is 3. The van der Waals surface area contributed by atoms with Crippen LogP contribution in [0.3, 0.4) is 0 Å². The van der Waals surface area contributed by atoms with Crippen molar-refractivity contribution in [3.8, 4) is 0 Å². The number of aliphatic hydroxyl groups excluding tert-OH is 2. The van der Waals surface area contributed by atoms with Gasteiger partial charge in [-0.1, -0.05) is 62.8 Å². The van der Waals surface area contributed by atoms with Gasteiger partial charge in [0.25, 0.3) is 11.7 Å². The summed E-state index contributed by atoms with van der Waals surface area (Å²) in [5, 5.41) is 35.0. The van der Waals surface area contributed by atoms with Crippen molar-refractivity contribution in [3.05, 3.63) is 52.5 Å². The Morgan fingerprint density at radius 3 is 2.41 bits per heavy atom. The van der Waals surface area contributed by atoms with Crippen LogP contribution < -0.4 is 5.73 Å². The number of likely N-dealkylation sites (tertiary alicyclic amines) is 1. The monoisotopic (exact) mass is 886 g/mol. The summed E-state index contributed by atoms with van der Waals surface area (Å²) in [6, 6.07) is -1.11. The number of aliphatic hydroxyl groups is 3. The molecule has 0 spiro atoms. The molecule has 3 fully saturated rings. The Hall–Kier alpha value is -3.57. The first-order valence-corrected chi connectivity index (χ1v) is 22.8. The van der Waals surface area contributed by atoms with Crippen LogP contribution in [0.25, 0.3) is 0 Å². The number of rotatable bonds is 24. The Bertz CT molecular complexity index is 1690. The van der Waals surface area contributed by atoms with Crippen molar-refractivity contribution in [3.63, 3.8) is 0 Å². The van der Waals surface area contributed by atoms with Gasteiger partial charge in [-0.25, -0.2) is 0 Å². The van der Waals surface area contributed by atoms with Crippen molar-refractivity contribution in [2.75, 3.05) is 20.8 Å². The van der Waals surface area contributed by atoms with E-state index in [1.165, 1.54) is 7.11 Å². The lowest BCUT2D eigenvalue weighted by Gasteiger charge is -2.42. The quantitative estimate of drug-likeness (QED) is 0.0383. The van der Waals surface area contributed by atoms with Crippen LogP contribution in [0.5, 0.6) is 0 Å². The van der Waals surface area contributed by atoms with Gasteiger partial charge in [0.1, 0.15) is 24.0 Å². The van der Waals surface area contributed by atoms with E-state index in [0.717, 1.165) is 16.9 Å². The number of hydrogen-bond donors (Lipinski definition) is 4. The van der Waals surface area contributed by atoms with E-state index in [0.29, 0.717) is 89.0 Å². The summed E-state index contributed by atoms with van der Waals surface area (Å²) in [5.74, 6) is -6.49. The van der Waals surface area contributed by atoms with E-state index >= 15 is 0 Å². The van der Waals surface area contributed by atoms with Gasteiger partial charge >= 0.3 is 5.91 Å². The number of ketones is 3. The van der Waals surface area contributed by atoms with Crippen LogP contribution >= 0.6 is 0 Å². The lowest BCUT2D eigenvalue weighted by Crippen LogP contribution is -2.60. The molecular formula is C48H75N3O12. The largest absolute Gasteiger partial charge is 0.390 e. The van der Waals surface area contributed by atoms with Crippen molar-refractivity contribution in [1.82, 2.24) is 4.90 Å². The third kappa shape index (κ3) is 15.8. The third-order valence-electron chi connectivity index (χ3n) is 13.3. The molecule has 2 heterocycles. The highest BCUT2D eigenvalue weighted by Gasteiger charge is 2.52. The second kappa shape index (κ2) is 25.8. The predicted molar refractivity (Wildman–Crippen MR) is 239 cm³/mol. The summed E-state index contributed by atoms with van der Waals surface area (Å²) in [5.41, 5.74) is 7.76. The zero-order chi connectivity index (χ0) is 46.9. The van der Waals surface area contributed by atoms with E-state index in [2.05, 4.69) is 12.1 Å². The van der Waals surface area contributed by atoms with Crippen LogP contribution in [0, 0.1) is 22.7 Å². The van der Waals surface area contributed by atoms with Crippen LogP contribution in [-0.2, 0) is 38.2 Å². The van der Waals surface area contributed by atoms with Crippen molar-refractivity contribution < 1.29 is 53.5 Å². The maximum absolute atomic E-state index is 13.4. The van der Waals surface area contributed by atoms with E-state index in [4.69, 9.17) is 19.9 Å². The topological polar surface area (TPSA) is 232 Å². The number of amides is 2. The molecule has 1 unspecified atom stereocenters. The van der Waals surface area contributed by atoms with E-state index < -0.39 is 65.3 Å². The third-order valence-corrected chi connectivity index (χ3v) is 13.3. The molecule has 15 heteroatoms. The minimum atomic E-state index is -2.33. The van der Waals surface area contributed by atoms with Gasteiger partial charge in [-0.15, -0.1) is 4.91 Å². The molecule has 354 valence electrons. The fourth-order valence-electron chi connectivity index (χ4n) is 9.04. The molecular weight excluding hydrogens is 811 g/mol. The van der Waals surface area contributed by atoms with Crippen molar-refractivity contribution in [2.24, 2.45) is 28.7 Å². The summed E-state index contributed by atoms with van der Waals surface area (Å²) in [7, 11) is 2.98. The van der Waals surface area contributed by atoms with Crippen molar-refractivity contribution in [2.45, 2.75) is 185 Å². The molecule has 5 N–H and O–H groups in total. The Morgan fingerprint density at radius 1 is 1.00 bits per heavy atom. The number of nitrogens with zero attached hydrogens (tertiary/aromatic N) is 2. The van der Waals surface area contributed by atoms with Gasteiger partial charge in [-0.05, 0) is 115 Å². The van der Waals surface area contributed by atoms with Gasteiger partial charge < -0.3 is 40.2 Å². The number of Topliss-reactive ketones (excluding diaryl/α,β-unsaturated/α-hetero) is 3. The van der Waals surface area contributed by atoms with Crippen LogP contribution in [0.4, 0.5) is 0 Å². The Morgan fingerprint density at radius 2 is 1.73 bits per heavy atom. The second-order valence-corrected chi connectivity index (χ2v) is 18.5. The minimum Gasteiger partial charge on any atom is -0.390 e. The number of nitrogens with two attached hydrogens (primary N) is 1. The highest BCUT2D eigenvalue weighted by atomic mass is 16.6. The first-order chi connectivity index (χ1) is 29.8. The molecule has 1 saturated carbocycles. The van der Waals surface area contributed by atoms with Gasteiger partial charge in [0.2, 0.25) is 5.79 Å². The molecule has 1 aliphatic carbocycles. The standard InChI is InChI=1S/C48H75N3O12/c1-31(19-24-37-25-21-35(5)48(59,63-37)44(56)46(58)51-28-14-13-17-38(51)45(57)50-60)15-11-9-8-10-12-16-33(3)41(54)43(62-7)42(55)34(4)20-23-36(52)22-18-32(2)29-47(49)27-26-39(53)40(30-47)61-6/h8-11,15,20,32-33,35,37-40,42-43,53,55,59H,12-14,16-19,21-30,49H2,1-7H3/b10-8+,11-9+,31-15+,34-20+/t32-,33+,35+,37+,38?,39+,40+,42+,43-,47+,48+/m0/s1. The normalized spacial score (nSPS) is 29.3. The molecule has 2 saturated heterocycles. The van der Waals surface area contributed by atoms with Gasteiger partial charge in [-0.2, -0.15) is 0 Å². The van der Waals surface area contributed by atoms with E-state index in [1.807, 2.05) is 44.2 Å². The first-order valence-electron chi connectivity index (χ1n) is 22.8. The molecule has 0 bridgehead atoms. The molecule has 0 aromatic heterocycles. The lowest BCUT2D eigenvalue weighted by atomic mass is 9.74. The highest BCUT2D eigenvalue weighted by Crippen LogP contribution is 2.37. The molecule has 11 atom stereocenters. The molecule has 3 aliphatic rings. The smallest absolute Gasteiger partial charge is 0.308 e. The molecule has 63 heavy (non-hydrogen) atoms. The summed E-state index contributed by atoms with van der Waals surface area (Å²) in [6.07, 6.45) is 16.4. The maximum atomic E-state index is 13.4. The van der Waals surface area contributed by atoms with Gasteiger partial charge in [0.05, 0.1) is 18.3 Å². The maximum Gasteiger partial charge on any atom is 0.308 e. The fourth-order valence-corrected chi connectivity index (χ4v) is 9.04. The molecule has 0 radical (unpaired) electrons. The predicted octanol–water partition coefficient (Wildman–Crippen LogP) is 5.90. The lowest BCUT2D eigenvalue weighted by molar-refractivity contribution is -0.263. The summed E-state index contributed by atoms with van der Waals surface area (Å²) >= 11 is 0. The van der Waals surface area contributed by atoms with E-state index in [9.17, 15) is 44.2 Å². The molecule has 3 rings (SSSR count). The number of methoxy groups -OCH3 is 2. The summed E-state index contributed by atoms with van der Waals surface area (Å²) < 4.78 is 16.8. The SMILES string of the molecule is CO[C@@H]1C[C@](N)(C[C@@H](C)CCC(=O)C/C=C(\C)[C@@H](O)[C@@H](OC)C(=O)[C@H](C)CC/C=C/C=C/C=C(\C)CC[C@@H]2CC[C@@H](C)[C@](O)(C(=O)C(=O)N3CCCCC3C(=O)N=O)O2)CC[C@H]1O. The summed E-state index contributed by atoms with van der Waals surface area (Å²) in [4.78, 5) is 76.6. The highest BCUT2D eigenvalue weighted by molar-refractivity contribution is 6.39. The minimum absolute atomic E-state index is 0.0380. The second-order valence-electron chi connectivity index (χ2n) is 18.5. The first kappa shape index (κ1) is 53.8. The molecule has 2 amide bonds. The molecule has 0 aromatic rings.